The molecule has 7 heteroatoms. The Hall–Kier alpha value is -2.15. The second-order valence-corrected chi connectivity index (χ2v) is 4.70. The maximum atomic E-state index is 11.6. The van der Waals surface area contributed by atoms with Gasteiger partial charge in [-0.05, 0) is 18.6 Å². The van der Waals surface area contributed by atoms with E-state index in [0.29, 0.717) is 12.1 Å². The van der Waals surface area contributed by atoms with Crippen LogP contribution < -0.4 is 10.6 Å². The van der Waals surface area contributed by atoms with Crippen LogP contribution in [0.2, 0.25) is 0 Å². The fraction of sp³-hybridized carbons (Fsp3) is 0.182. The lowest BCUT2D eigenvalue weighted by Gasteiger charge is -2.05. The summed E-state index contributed by atoms with van der Waals surface area (Å²) < 4.78 is 1.57. The van der Waals surface area contributed by atoms with Crippen LogP contribution >= 0.6 is 11.3 Å². The molecule has 0 aliphatic heterocycles. The van der Waals surface area contributed by atoms with Crippen LogP contribution in [0, 0.1) is 17.0 Å². The molecular formula is C11H11N3O3S. The second-order valence-electron chi connectivity index (χ2n) is 3.88. The van der Waals surface area contributed by atoms with Crippen LogP contribution in [-0.2, 0) is 6.54 Å². The molecule has 0 aliphatic carbocycles. The van der Waals surface area contributed by atoms with Crippen molar-refractivity contribution >= 4 is 22.7 Å². The highest BCUT2D eigenvalue weighted by Crippen LogP contribution is 2.22. The van der Waals surface area contributed by atoms with E-state index in [9.17, 15) is 14.9 Å². The average molecular weight is 265 g/mol. The van der Waals surface area contributed by atoms with Crippen molar-refractivity contribution in [2.24, 2.45) is 0 Å². The Morgan fingerprint density at radius 2 is 2.22 bits per heavy atom. The molecule has 0 spiro atoms. The van der Waals surface area contributed by atoms with Gasteiger partial charge in [-0.25, -0.2) is 0 Å². The Kier molecular flexibility index (Phi) is 3.15. The van der Waals surface area contributed by atoms with Gasteiger partial charge in [-0.1, -0.05) is 17.4 Å². The van der Waals surface area contributed by atoms with E-state index in [1.165, 1.54) is 12.1 Å². The maximum Gasteiger partial charge on any atom is 0.307 e. The predicted octanol–water partition coefficient (Wildman–Crippen LogP) is 1.76. The normalized spacial score (nSPS) is 10.5. The van der Waals surface area contributed by atoms with Crippen molar-refractivity contribution < 1.29 is 4.92 Å². The first kappa shape index (κ1) is 12.3. The zero-order chi connectivity index (χ0) is 13.3. The van der Waals surface area contributed by atoms with Gasteiger partial charge in [0.2, 0.25) is 0 Å². The van der Waals surface area contributed by atoms with Gasteiger partial charge in [-0.15, -0.1) is 0 Å². The number of benzene rings is 1. The lowest BCUT2D eigenvalue weighted by atomic mass is 10.1. The quantitative estimate of drug-likeness (QED) is 0.520. The lowest BCUT2D eigenvalue weighted by Crippen LogP contribution is -2.15. The molecule has 0 saturated heterocycles. The first-order valence-corrected chi connectivity index (χ1v) is 6.04. The van der Waals surface area contributed by atoms with Gasteiger partial charge < -0.3 is 5.73 Å². The molecule has 0 saturated carbocycles. The monoisotopic (exact) mass is 265 g/mol. The van der Waals surface area contributed by atoms with Gasteiger partial charge in [-0.2, -0.15) is 0 Å². The third-order valence-corrected chi connectivity index (χ3v) is 3.49. The minimum Gasteiger partial charge on any atom is -0.393 e. The van der Waals surface area contributed by atoms with Gasteiger partial charge in [0.1, 0.15) is 5.69 Å². The Balaban J connectivity index is 2.39. The topological polar surface area (TPSA) is 91.2 Å². The van der Waals surface area contributed by atoms with Crippen molar-refractivity contribution in [2.75, 3.05) is 5.73 Å². The van der Waals surface area contributed by atoms with Crippen molar-refractivity contribution in [1.82, 2.24) is 4.57 Å². The van der Waals surface area contributed by atoms with E-state index in [2.05, 4.69) is 0 Å². The van der Waals surface area contributed by atoms with Crippen LogP contribution in [-0.4, -0.2) is 9.49 Å². The molecule has 2 N–H and O–H groups in total. The number of nitro groups is 1. The van der Waals surface area contributed by atoms with E-state index in [-0.39, 0.29) is 16.2 Å². The lowest BCUT2D eigenvalue weighted by molar-refractivity contribution is -0.384. The number of aryl methyl sites for hydroxylation is 1. The maximum absolute atomic E-state index is 11.6. The zero-order valence-electron chi connectivity index (χ0n) is 9.62. The van der Waals surface area contributed by atoms with Gasteiger partial charge >= 0.3 is 4.87 Å². The molecule has 0 fully saturated rings. The Bertz CT molecular complexity index is 660. The molecule has 0 amide bonds. The highest BCUT2D eigenvalue weighted by atomic mass is 32.1. The van der Waals surface area contributed by atoms with Crippen molar-refractivity contribution in [3.63, 3.8) is 0 Å². The molecule has 18 heavy (non-hydrogen) atoms. The Labute approximate surface area is 106 Å². The largest absolute Gasteiger partial charge is 0.393 e. The fourth-order valence-corrected chi connectivity index (χ4v) is 2.36. The van der Waals surface area contributed by atoms with Crippen LogP contribution in [0.5, 0.6) is 0 Å². The number of nitrogens with two attached hydrogens (primary N) is 1. The summed E-state index contributed by atoms with van der Waals surface area (Å²) in [6, 6.07) is 4.57. The number of hydrogen-bond donors (Lipinski definition) is 1. The van der Waals surface area contributed by atoms with Crippen molar-refractivity contribution in [1.29, 1.82) is 0 Å². The molecule has 0 atom stereocenters. The number of thiazole rings is 1. The Morgan fingerprint density at radius 1 is 1.50 bits per heavy atom. The van der Waals surface area contributed by atoms with Crippen LogP contribution in [0.4, 0.5) is 11.4 Å². The third kappa shape index (κ3) is 2.25. The van der Waals surface area contributed by atoms with Crippen LogP contribution in [0.1, 0.15) is 11.3 Å². The minimum atomic E-state index is -0.526. The predicted molar refractivity (Wildman–Crippen MR) is 69.9 cm³/mol. The summed E-state index contributed by atoms with van der Waals surface area (Å²) in [6.45, 7) is 2.14. The SMILES string of the molecule is Cc1csc(=O)n1Cc1ccc(N)c([N+](=O)[O-])c1. The number of rotatable bonds is 3. The van der Waals surface area contributed by atoms with E-state index in [1.54, 1.807) is 16.0 Å². The standard InChI is InChI=1S/C11H11N3O3S/c1-7-6-18-11(15)13(7)5-8-2-3-9(12)10(4-8)14(16)17/h2-4,6H,5,12H2,1H3. The smallest absolute Gasteiger partial charge is 0.307 e. The van der Waals surface area contributed by atoms with Gasteiger partial charge in [0.05, 0.1) is 11.5 Å². The molecule has 0 radical (unpaired) electrons. The Morgan fingerprint density at radius 3 is 2.78 bits per heavy atom. The van der Waals surface area contributed by atoms with Crippen LogP contribution in [0.15, 0.2) is 28.4 Å². The van der Waals surface area contributed by atoms with E-state index in [1.807, 2.05) is 6.92 Å². The van der Waals surface area contributed by atoms with Crippen molar-refractivity contribution in [2.45, 2.75) is 13.5 Å². The number of anilines is 1. The van der Waals surface area contributed by atoms with Gasteiger partial charge in [0, 0.05) is 17.1 Å². The van der Waals surface area contributed by atoms with E-state index in [4.69, 9.17) is 5.73 Å². The molecule has 1 aromatic heterocycles. The molecule has 2 rings (SSSR count). The molecule has 1 heterocycles. The molecular weight excluding hydrogens is 254 g/mol. The van der Waals surface area contributed by atoms with Crippen LogP contribution in [0.25, 0.3) is 0 Å². The average Bonchev–Trinajstić information content (AvgIpc) is 2.63. The summed E-state index contributed by atoms with van der Waals surface area (Å²) in [7, 11) is 0. The molecule has 0 bridgehead atoms. The molecule has 6 nitrogen and oxygen atoms in total. The van der Waals surface area contributed by atoms with Gasteiger partial charge in [0.25, 0.3) is 5.69 Å². The number of nitro benzene ring substituents is 1. The number of nitrogen functional groups attached to an aromatic ring is 1. The van der Waals surface area contributed by atoms with E-state index >= 15 is 0 Å². The summed E-state index contributed by atoms with van der Waals surface area (Å²) in [6.07, 6.45) is 0. The minimum absolute atomic E-state index is 0.0769. The highest BCUT2D eigenvalue weighted by Gasteiger charge is 2.13. The third-order valence-electron chi connectivity index (χ3n) is 2.61. The molecule has 1 aromatic carbocycles. The molecule has 94 valence electrons. The number of nitrogens with zero attached hydrogens (tertiary/aromatic N) is 2. The van der Waals surface area contributed by atoms with Crippen molar-refractivity contribution in [3.8, 4) is 0 Å². The second kappa shape index (κ2) is 4.61. The first-order chi connectivity index (χ1) is 8.49. The molecule has 2 aromatic rings. The molecule has 0 aliphatic rings. The van der Waals surface area contributed by atoms with Gasteiger partial charge in [-0.3, -0.25) is 19.5 Å². The van der Waals surface area contributed by atoms with Crippen LogP contribution in [0.3, 0.4) is 0 Å². The van der Waals surface area contributed by atoms with Gasteiger partial charge in [0.15, 0.2) is 0 Å². The summed E-state index contributed by atoms with van der Waals surface area (Å²) in [5.41, 5.74) is 7.03. The highest BCUT2D eigenvalue weighted by molar-refractivity contribution is 7.07. The first-order valence-electron chi connectivity index (χ1n) is 5.17. The fourth-order valence-electron chi connectivity index (χ4n) is 1.62. The summed E-state index contributed by atoms with van der Waals surface area (Å²) in [5, 5.41) is 12.5. The molecule has 0 unspecified atom stereocenters. The van der Waals surface area contributed by atoms with Crippen molar-refractivity contribution in [3.05, 3.63) is 54.6 Å². The van der Waals surface area contributed by atoms with E-state index in [0.717, 1.165) is 17.0 Å². The zero-order valence-corrected chi connectivity index (χ0v) is 10.4. The number of hydrogen-bond acceptors (Lipinski definition) is 5. The number of aromatic nitrogens is 1. The summed E-state index contributed by atoms with van der Waals surface area (Å²) >= 11 is 1.11. The van der Waals surface area contributed by atoms with E-state index < -0.39 is 4.92 Å². The summed E-state index contributed by atoms with van der Waals surface area (Å²) in [4.78, 5) is 21.7. The summed E-state index contributed by atoms with van der Waals surface area (Å²) in [5.74, 6) is 0.